The molecule has 0 saturated heterocycles. The van der Waals surface area contributed by atoms with Gasteiger partial charge in [0.05, 0.1) is 9.79 Å². The van der Waals surface area contributed by atoms with Crippen LogP contribution in [0.2, 0.25) is 5.28 Å². The summed E-state index contributed by atoms with van der Waals surface area (Å²) in [6.07, 6.45) is 3.26. The van der Waals surface area contributed by atoms with Crippen LogP contribution in [0.1, 0.15) is 54.7 Å². The Labute approximate surface area is 415 Å². The van der Waals surface area contributed by atoms with Crippen LogP contribution in [0.3, 0.4) is 0 Å². The molecule has 70 heavy (non-hydrogen) atoms. The third kappa shape index (κ3) is 19.1. The van der Waals surface area contributed by atoms with E-state index >= 15 is 0 Å². The molecule has 0 aliphatic carbocycles. The zero-order valence-corrected chi connectivity index (χ0v) is 42.4. The van der Waals surface area contributed by atoms with Crippen molar-refractivity contribution in [3.63, 3.8) is 0 Å². The number of primary sulfonamides is 2. The van der Waals surface area contributed by atoms with E-state index in [0.29, 0.717) is 52.9 Å². The number of benzene rings is 4. The van der Waals surface area contributed by atoms with E-state index in [4.69, 9.17) is 27.6 Å². The van der Waals surface area contributed by atoms with Gasteiger partial charge in [0.25, 0.3) is 20.4 Å². The van der Waals surface area contributed by atoms with Gasteiger partial charge in [-0.25, -0.2) is 51.5 Å². The maximum absolute atomic E-state index is 11.8. The largest absolute Gasteiger partial charge is 0.399 e. The van der Waals surface area contributed by atoms with Gasteiger partial charge in [-0.3, -0.25) is 0 Å². The second kappa shape index (κ2) is 25.8. The van der Waals surface area contributed by atoms with E-state index in [9.17, 15) is 33.7 Å². The predicted molar refractivity (Wildman–Crippen MR) is 276 cm³/mol. The van der Waals surface area contributed by atoms with E-state index in [1.54, 1.807) is 76.5 Å². The molecule has 0 atom stereocenters. The molecule has 0 aliphatic heterocycles. The summed E-state index contributed by atoms with van der Waals surface area (Å²) in [5.41, 5.74) is 12.1. The van der Waals surface area contributed by atoms with Crippen molar-refractivity contribution in [2.75, 3.05) is 34.8 Å². The van der Waals surface area contributed by atoms with Crippen LogP contribution in [0.5, 0.6) is 0 Å². The lowest BCUT2D eigenvalue weighted by atomic mass is 10.2. The molecule has 0 bridgehead atoms. The number of nitrogens with zero attached hydrogens (tertiary/aromatic N) is 4. The second-order valence-corrected chi connectivity index (χ2v) is 21.5. The topological polar surface area (TPSA) is 350 Å². The molecule has 13 N–H and O–H groups in total. The first-order valence-corrected chi connectivity index (χ1v) is 27.0. The minimum atomic E-state index is -3.87. The van der Waals surface area contributed by atoms with Crippen molar-refractivity contribution in [2.45, 2.75) is 71.8 Å². The Kier molecular flexibility index (Phi) is 21.5. The van der Waals surface area contributed by atoms with Crippen LogP contribution >= 0.6 is 11.6 Å². The highest BCUT2D eigenvalue weighted by atomic mass is 35.5. The molecule has 0 saturated carbocycles. The summed E-state index contributed by atoms with van der Waals surface area (Å²) >= 11 is 5.80. The van der Waals surface area contributed by atoms with Crippen LogP contribution < -0.4 is 50.9 Å². The standard InChI is InChI=1S/C21H27N7O4S2.C14H18ClN5O2S.C7H10N2O2S.CH4/c1-4-24-34(31,32)25-13-16-6-5-7-17(10-16)26-20-15(3)12-23-21(28-20)27-18-9-8-14(2)19(11-18)33(22,29)30;1-3-17-23(21,22)18-9-11-5-4-6-12(7-11)19-13-10(2)8-16-14(15)20-13;1-5-2-3-6(8)4-7(5)12(9,10)11;/h5-12,24-25H,4,13H2,1-3H3,(H2,22,29,30)(H2,23,26,27,28);4-8,17-18H,3,9H2,1-2H3,(H,16,19,20);2-4H,8H2,1H3,(H2,9,10,11);1H4. The highest BCUT2D eigenvalue weighted by Gasteiger charge is 2.15. The number of anilines is 7. The van der Waals surface area contributed by atoms with Crippen LogP contribution in [0.4, 0.5) is 40.3 Å². The van der Waals surface area contributed by atoms with Gasteiger partial charge < -0.3 is 21.7 Å². The van der Waals surface area contributed by atoms with Crippen molar-refractivity contribution < 1.29 is 33.7 Å². The maximum atomic E-state index is 11.8. The Morgan fingerprint density at radius 3 is 1.44 bits per heavy atom. The molecule has 0 aliphatic rings. The summed E-state index contributed by atoms with van der Waals surface area (Å²) in [7, 11) is -14.5. The molecule has 0 amide bonds. The number of hydrogen-bond acceptors (Lipinski definition) is 16. The highest BCUT2D eigenvalue weighted by Crippen LogP contribution is 2.25. The molecule has 0 radical (unpaired) electrons. The Morgan fingerprint density at radius 1 is 0.529 bits per heavy atom. The molecule has 2 heterocycles. The van der Waals surface area contributed by atoms with Crippen LogP contribution in [-0.4, -0.2) is 66.7 Å². The van der Waals surface area contributed by atoms with E-state index in [0.717, 1.165) is 27.9 Å². The fourth-order valence-electron chi connectivity index (χ4n) is 5.84. The summed E-state index contributed by atoms with van der Waals surface area (Å²) in [4.78, 5) is 16.9. The zero-order valence-electron chi connectivity index (χ0n) is 38.4. The lowest BCUT2D eigenvalue weighted by molar-refractivity contribution is 0.566. The monoisotopic (exact) mass is 1060 g/mol. The third-order valence-corrected chi connectivity index (χ3v) is 13.8. The first-order valence-electron chi connectivity index (χ1n) is 20.6. The number of nitrogens with one attached hydrogen (secondary N) is 7. The van der Waals surface area contributed by atoms with Crippen LogP contribution in [0.15, 0.2) is 107 Å². The molecule has 6 aromatic rings. The number of hydrogen-bond donors (Lipinski definition) is 10. The van der Waals surface area contributed by atoms with E-state index < -0.39 is 40.5 Å². The number of rotatable bonds is 18. The zero-order chi connectivity index (χ0) is 51.2. The Bertz CT molecular complexity index is 3210. The van der Waals surface area contributed by atoms with Gasteiger partial charge in [0.1, 0.15) is 11.6 Å². The van der Waals surface area contributed by atoms with Crippen molar-refractivity contribution >= 4 is 92.4 Å². The fraction of sp³-hybridized carbons (Fsp3) is 0.256. The maximum Gasteiger partial charge on any atom is 0.277 e. The highest BCUT2D eigenvalue weighted by molar-refractivity contribution is 7.89. The molecular formula is C43H59ClN14O8S4. The Hall–Kier alpha value is -5.91. The number of aryl methyl sites for hydroxylation is 4. The lowest BCUT2D eigenvalue weighted by Gasteiger charge is -2.13. The number of nitrogens with two attached hydrogens (primary N) is 3. The number of nitrogen functional groups attached to an aromatic ring is 1. The van der Waals surface area contributed by atoms with E-state index in [1.807, 2.05) is 50.2 Å². The molecule has 0 fully saturated rings. The van der Waals surface area contributed by atoms with Gasteiger partial charge in [-0.1, -0.05) is 57.7 Å². The van der Waals surface area contributed by atoms with Gasteiger partial charge in [-0.15, -0.1) is 0 Å². The summed E-state index contributed by atoms with van der Waals surface area (Å²) < 4.78 is 102. The molecule has 27 heteroatoms. The van der Waals surface area contributed by atoms with Crippen LogP contribution in [-0.2, 0) is 53.6 Å². The number of halogens is 1. The summed E-state index contributed by atoms with van der Waals surface area (Å²) in [5.74, 6) is 1.39. The van der Waals surface area contributed by atoms with Crippen LogP contribution in [0, 0.1) is 27.7 Å². The third-order valence-electron chi connectivity index (χ3n) is 9.16. The second-order valence-electron chi connectivity index (χ2n) is 14.9. The Balaban J connectivity index is 0.000000309. The van der Waals surface area contributed by atoms with Gasteiger partial charge in [-0.2, -0.15) is 31.3 Å². The van der Waals surface area contributed by atoms with E-state index in [-0.39, 0.29) is 41.5 Å². The molecule has 0 spiro atoms. The molecule has 6 rings (SSSR count). The minimum Gasteiger partial charge on any atom is -0.399 e. The Morgan fingerprint density at radius 2 is 0.971 bits per heavy atom. The summed E-state index contributed by atoms with van der Waals surface area (Å²) in [6.45, 7) is 11.4. The molecule has 22 nitrogen and oxygen atoms in total. The lowest BCUT2D eigenvalue weighted by Crippen LogP contribution is -2.35. The van der Waals surface area contributed by atoms with Gasteiger partial charge in [-0.05, 0) is 110 Å². The smallest absolute Gasteiger partial charge is 0.277 e. The predicted octanol–water partition coefficient (Wildman–Crippen LogP) is 5.16. The van der Waals surface area contributed by atoms with E-state index in [1.165, 1.54) is 12.1 Å². The summed E-state index contributed by atoms with van der Waals surface area (Å²) in [5, 5.41) is 19.7. The van der Waals surface area contributed by atoms with Gasteiger partial charge in [0, 0.05) is 72.4 Å². The minimum absolute atomic E-state index is 0. The van der Waals surface area contributed by atoms with Crippen LogP contribution in [0.25, 0.3) is 0 Å². The number of aromatic nitrogens is 4. The molecule has 4 aromatic carbocycles. The van der Waals surface area contributed by atoms with Crippen molar-refractivity contribution in [1.82, 2.24) is 38.8 Å². The normalized spacial score (nSPS) is 11.5. The van der Waals surface area contributed by atoms with Crippen molar-refractivity contribution in [2.24, 2.45) is 10.3 Å². The van der Waals surface area contributed by atoms with Gasteiger partial charge >= 0.3 is 0 Å². The van der Waals surface area contributed by atoms with E-state index in [2.05, 4.69) is 54.8 Å². The van der Waals surface area contributed by atoms with Crippen molar-refractivity contribution in [1.29, 1.82) is 0 Å². The summed E-state index contributed by atoms with van der Waals surface area (Å²) in [6, 6.07) is 24.0. The quantitative estimate of drug-likeness (QED) is 0.0392. The van der Waals surface area contributed by atoms with Crippen molar-refractivity contribution in [3.05, 3.63) is 136 Å². The molecule has 0 unspecified atom stereocenters. The molecule has 2 aromatic heterocycles. The van der Waals surface area contributed by atoms with Gasteiger partial charge in [0.2, 0.25) is 31.3 Å². The average molecular weight is 1060 g/mol. The average Bonchev–Trinajstić information content (AvgIpc) is 3.26. The molecular weight excluding hydrogens is 1000 g/mol. The fourth-order valence-corrected chi connectivity index (χ4v) is 9.28. The van der Waals surface area contributed by atoms with Crippen molar-refractivity contribution in [3.8, 4) is 0 Å². The van der Waals surface area contributed by atoms with Gasteiger partial charge in [0.15, 0.2) is 0 Å². The first-order chi connectivity index (χ1) is 32.3. The number of sulfonamides is 2. The first kappa shape index (κ1) is 58.4. The SMILES string of the molecule is C.CCNS(=O)(=O)NCc1cccc(Nc2nc(Cl)ncc2C)c1.CCNS(=O)(=O)NCc1cccc(Nc2nc(Nc3ccc(C)c(S(N)(=O)=O)c3)ncc2C)c1.Cc1ccc(N)cc1S(N)(=O)=O. The molecule has 380 valence electrons.